The van der Waals surface area contributed by atoms with Gasteiger partial charge in [-0.3, -0.25) is 0 Å². The normalized spacial score (nSPS) is 13.2. The molecule has 0 aromatic heterocycles. The average molecular weight is 288 g/mol. The summed E-state index contributed by atoms with van der Waals surface area (Å²) in [6, 6.07) is 18.9. The molecule has 2 heteroatoms. The van der Waals surface area contributed by atoms with Crippen molar-refractivity contribution in [2.24, 2.45) is 0 Å². The first kappa shape index (κ1) is 15.1. The molecule has 106 valence electrons. The van der Waals surface area contributed by atoms with Gasteiger partial charge in [0, 0.05) is 23.0 Å². The lowest BCUT2D eigenvalue weighted by atomic mass is 9.84. The molecule has 1 atom stereocenters. The van der Waals surface area contributed by atoms with Gasteiger partial charge in [0.25, 0.3) is 0 Å². The summed E-state index contributed by atoms with van der Waals surface area (Å²) < 4.78 is 0. The SMILES string of the molecule is CC(NCC(C)(C)c1ccccc1)c1cccc(Cl)c1. The van der Waals surface area contributed by atoms with Gasteiger partial charge in [0.1, 0.15) is 0 Å². The molecular formula is C18H22ClN. The molecule has 0 heterocycles. The highest BCUT2D eigenvalue weighted by molar-refractivity contribution is 6.30. The molecule has 0 radical (unpaired) electrons. The zero-order valence-electron chi connectivity index (χ0n) is 12.4. The topological polar surface area (TPSA) is 12.0 Å². The Morgan fingerprint density at radius 1 is 1.05 bits per heavy atom. The zero-order chi connectivity index (χ0) is 14.6. The van der Waals surface area contributed by atoms with Crippen LogP contribution in [0.15, 0.2) is 54.6 Å². The second-order valence-corrected chi connectivity index (χ2v) is 6.34. The van der Waals surface area contributed by atoms with Crippen LogP contribution in [0.5, 0.6) is 0 Å². The minimum absolute atomic E-state index is 0.105. The fourth-order valence-corrected chi connectivity index (χ4v) is 2.49. The molecule has 0 aliphatic carbocycles. The van der Waals surface area contributed by atoms with Crippen LogP contribution in [-0.4, -0.2) is 6.54 Å². The van der Waals surface area contributed by atoms with Crippen LogP contribution in [0.25, 0.3) is 0 Å². The Balaban J connectivity index is 2.01. The smallest absolute Gasteiger partial charge is 0.0409 e. The molecule has 0 amide bonds. The van der Waals surface area contributed by atoms with Crippen molar-refractivity contribution in [3.05, 3.63) is 70.7 Å². The fraction of sp³-hybridized carbons (Fsp3) is 0.333. The monoisotopic (exact) mass is 287 g/mol. The average Bonchev–Trinajstić information content (AvgIpc) is 2.46. The van der Waals surface area contributed by atoms with Crippen molar-refractivity contribution >= 4 is 11.6 Å². The van der Waals surface area contributed by atoms with Gasteiger partial charge in [-0.2, -0.15) is 0 Å². The highest BCUT2D eigenvalue weighted by Crippen LogP contribution is 2.24. The van der Waals surface area contributed by atoms with Gasteiger partial charge in [-0.1, -0.05) is 67.9 Å². The summed E-state index contributed by atoms with van der Waals surface area (Å²) in [4.78, 5) is 0. The number of halogens is 1. The van der Waals surface area contributed by atoms with Crippen LogP contribution in [-0.2, 0) is 5.41 Å². The summed E-state index contributed by atoms with van der Waals surface area (Å²) in [6.07, 6.45) is 0. The summed E-state index contributed by atoms with van der Waals surface area (Å²) in [5, 5.41) is 4.40. The van der Waals surface area contributed by atoms with Crippen molar-refractivity contribution in [2.75, 3.05) is 6.54 Å². The van der Waals surface area contributed by atoms with Gasteiger partial charge in [-0.15, -0.1) is 0 Å². The molecule has 2 aromatic carbocycles. The zero-order valence-corrected chi connectivity index (χ0v) is 13.1. The van der Waals surface area contributed by atoms with Gasteiger partial charge < -0.3 is 5.32 Å². The van der Waals surface area contributed by atoms with Crippen LogP contribution in [0.2, 0.25) is 5.02 Å². The van der Waals surface area contributed by atoms with E-state index in [2.05, 4.69) is 62.5 Å². The first-order valence-electron chi connectivity index (χ1n) is 7.03. The van der Waals surface area contributed by atoms with Gasteiger partial charge in [0.15, 0.2) is 0 Å². The van der Waals surface area contributed by atoms with Crippen molar-refractivity contribution in [2.45, 2.75) is 32.2 Å². The number of rotatable bonds is 5. The summed E-state index contributed by atoms with van der Waals surface area (Å²) in [5.74, 6) is 0. The van der Waals surface area contributed by atoms with Crippen LogP contribution in [0, 0.1) is 0 Å². The third-order valence-corrected chi connectivity index (χ3v) is 3.99. The molecule has 0 saturated heterocycles. The second-order valence-electron chi connectivity index (χ2n) is 5.91. The molecule has 1 nitrogen and oxygen atoms in total. The summed E-state index contributed by atoms with van der Waals surface area (Å²) in [6.45, 7) is 7.62. The third kappa shape index (κ3) is 3.84. The maximum absolute atomic E-state index is 6.05. The van der Waals surface area contributed by atoms with E-state index in [1.807, 2.05) is 18.2 Å². The highest BCUT2D eigenvalue weighted by atomic mass is 35.5. The summed E-state index contributed by atoms with van der Waals surface area (Å²) in [7, 11) is 0. The van der Waals surface area contributed by atoms with E-state index in [-0.39, 0.29) is 11.5 Å². The molecule has 1 N–H and O–H groups in total. The standard InChI is InChI=1S/C18H22ClN/c1-14(15-8-7-11-17(19)12-15)20-13-18(2,3)16-9-5-4-6-10-16/h4-12,14,20H,13H2,1-3H3. The molecular weight excluding hydrogens is 266 g/mol. The van der Waals surface area contributed by atoms with E-state index < -0.39 is 0 Å². The molecule has 0 bridgehead atoms. The molecule has 0 saturated carbocycles. The Morgan fingerprint density at radius 3 is 2.40 bits per heavy atom. The number of nitrogens with one attached hydrogen (secondary N) is 1. The number of hydrogen-bond donors (Lipinski definition) is 1. The van der Waals surface area contributed by atoms with Gasteiger partial charge in [0.2, 0.25) is 0 Å². The third-order valence-electron chi connectivity index (χ3n) is 3.75. The molecule has 1 unspecified atom stereocenters. The lowest BCUT2D eigenvalue weighted by Crippen LogP contribution is -2.34. The summed E-state index contributed by atoms with van der Waals surface area (Å²) >= 11 is 6.05. The molecule has 20 heavy (non-hydrogen) atoms. The van der Waals surface area contributed by atoms with E-state index in [1.54, 1.807) is 0 Å². The van der Waals surface area contributed by atoms with E-state index in [1.165, 1.54) is 11.1 Å². The first-order valence-corrected chi connectivity index (χ1v) is 7.41. The number of benzene rings is 2. The van der Waals surface area contributed by atoms with E-state index in [9.17, 15) is 0 Å². The lowest BCUT2D eigenvalue weighted by molar-refractivity contribution is 0.435. The molecule has 0 fully saturated rings. The predicted molar refractivity (Wildman–Crippen MR) is 87.3 cm³/mol. The Morgan fingerprint density at radius 2 is 1.75 bits per heavy atom. The van der Waals surface area contributed by atoms with Gasteiger partial charge in [-0.25, -0.2) is 0 Å². The van der Waals surface area contributed by atoms with E-state index >= 15 is 0 Å². The first-order chi connectivity index (χ1) is 9.49. The van der Waals surface area contributed by atoms with Crippen LogP contribution in [0.4, 0.5) is 0 Å². The molecule has 0 aliphatic rings. The van der Waals surface area contributed by atoms with Crippen LogP contribution in [0.3, 0.4) is 0 Å². The fourth-order valence-electron chi connectivity index (χ4n) is 2.29. The lowest BCUT2D eigenvalue weighted by Gasteiger charge is -2.28. The van der Waals surface area contributed by atoms with E-state index in [0.717, 1.165) is 11.6 Å². The Hall–Kier alpha value is -1.31. The van der Waals surface area contributed by atoms with Crippen LogP contribution >= 0.6 is 11.6 Å². The van der Waals surface area contributed by atoms with Crippen molar-refractivity contribution in [1.29, 1.82) is 0 Å². The maximum atomic E-state index is 6.05. The van der Waals surface area contributed by atoms with Gasteiger partial charge in [-0.05, 0) is 30.2 Å². The Kier molecular flexibility index (Phi) is 4.85. The molecule has 2 rings (SSSR count). The quantitative estimate of drug-likeness (QED) is 0.819. The maximum Gasteiger partial charge on any atom is 0.0409 e. The van der Waals surface area contributed by atoms with Crippen LogP contribution in [0.1, 0.15) is 37.9 Å². The minimum Gasteiger partial charge on any atom is -0.309 e. The second kappa shape index (κ2) is 6.43. The molecule has 0 spiro atoms. The van der Waals surface area contributed by atoms with Crippen molar-refractivity contribution < 1.29 is 0 Å². The van der Waals surface area contributed by atoms with Crippen LogP contribution < -0.4 is 5.32 Å². The van der Waals surface area contributed by atoms with Gasteiger partial charge >= 0.3 is 0 Å². The van der Waals surface area contributed by atoms with Crippen molar-refractivity contribution in [3.8, 4) is 0 Å². The van der Waals surface area contributed by atoms with Crippen molar-refractivity contribution in [3.63, 3.8) is 0 Å². The minimum atomic E-state index is 0.105. The largest absolute Gasteiger partial charge is 0.309 e. The van der Waals surface area contributed by atoms with Gasteiger partial charge in [0.05, 0.1) is 0 Å². The van der Waals surface area contributed by atoms with E-state index in [4.69, 9.17) is 11.6 Å². The number of hydrogen-bond acceptors (Lipinski definition) is 1. The molecule has 0 aliphatic heterocycles. The predicted octanol–water partition coefficient (Wildman–Crippen LogP) is 4.97. The Labute approximate surface area is 127 Å². The highest BCUT2D eigenvalue weighted by Gasteiger charge is 2.21. The molecule has 2 aromatic rings. The Bertz CT molecular complexity index is 548. The van der Waals surface area contributed by atoms with Crippen molar-refractivity contribution in [1.82, 2.24) is 5.32 Å². The van der Waals surface area contributed by atoms with E-state index in [0.29, 0.717) is 0 Å². The summed E-state index contributed by atoms with van der Waals surface area (Å²) in [5.41, 5.74) is 2.68.